The molecule has 0 fully saturated rings. The SMILES string of the molecule is CCOCCOc1ccc(C(=O)NC(=S)Nc2ccc(C(=O)NC(C)C)cc2)cc1. The fourth-order valence-electron chi connectivity index (χ4n) is 2.45. The Balaban J connectivity index is 1.84. The number of hydrogen-bond acceptors (Lipinski definition) is 5. The maximum absolute atomic E-state index is 12.3. The Labute approximate surface area is 182 Å². The van der Waals surface area contributed by atoms with E-state index in [4.69, 9.17) is 21.7 Å². The molecule has 30 heavy (non-hydrogen) atoms. The van der Waals surface area contributed by atoms with Gasteiger partial charge in [-0.2, -0.15) is 0 Å². The summed E-state index contributed by atoms with van der Waals surface area (Å²) in [5.74, 6) is 0.188. The molecule has 0 unspecified atom stereocenters. The highest BCUT2D eigenvalue weighted by molar-refractivity contribution is 7.80. The van der Waals surface area contributed by atoms with Crippen molar-refractivity contribution in [3.63, 3.8) is 0 Å². The van der Waals surface area contributed by atoms with Crippen molar-refractivity contribution in [2.45, 2.75) is 26.8 Å². The van der Waals surface area contributed by atoms with E-state index in [1.54, 1.807) is 48.5 Å². The van der Waals surface area contributed by atoms with Gasteiger partial charge in [-0.25, -0.2) is 0 Å². The van der Waals surface area contributed by atoms with Gasteiger partial charge in [0.05, 0.1) is 6.61 Å². The summed E-state index contributed by atoms with van der Waals surface area (Å²) in [4.78, 5) is 24.3. The topological polar surface area (TPSA) is 88.7 Å². The lowest BCUT2D eigenvalue weighted by molar-refractivity contribution is 0.0941. The fourth-order valence-corrected chi connectivity index (χ4v) is 2.66. The molecule has 0 saturated carbocycles. The van der Waals surface area contributed by atoms with E-state index in [1.165, 1.54) is 0 Å². The molecule has 8 heteroatoms. The Bertz CT molecular complexity index is 852. The summed E-state index contributed by atoms with van der Waals surface area (Å²) < 4.78 is 10.7. The zero-order chi connectivity index (χ0) is 21.9. The first-order valence-electron chi connectivity index (χ1n) is 9.73. The normalized spacial score (nSPS) is 10.4. The molecule has 160 valence electrons. The van der Waals surface area contributed by atoms with Crippen molar-refractivity contribution in [2.75, 3.05) is 25.1 Å². The van der Waals surface area contributed by atoms with Crippen LogP contribution < -0.4 is 20.7 Å². The predicted molar refractivity (Wildman–Crippen MR) is 121 cm³/mol. The van der Waals surface area contributed by atoms with Gasteiger partial charge in [0.2, 0.25) is 0 Å². The zero-order valence-corrected chi connectivity index (χ0v) is 18.2. The number of ether oxygens (including phenoxy) is 2. The third-order valence-electron chi connectivity index (χ3n) is 3.87. The van der Waals surface area contributed by atoms with Crippen LogP contribution >= 0.6 is 12.2 Å². The molecule has 3 N–H and O–H groups in total. The summed E-state index contributed by atoms with van der Waals surface area (Å²) in [7, 11) is 0. The Morgan fingerprint density at radius 3 is 2.13 bits per heavy atom. The second kappa shape index (κ2) is 11.9. The maximum Gasteiger partial charge on any atom is 0.257 e. The van der Waals surface area contributed by atoms with E-state index in [-0.39, 0.29) is 23.0 Å². The average Bonchev–Trinajstić information content (AvgIpc) is 2.71. The number of rotatable bonds is 9. The number of carbonyl (C=O) groups is 2. The molecule has 0 aliphatic carbocycles. The molecule has 0 atom stereocenters. The van der Waals surface area contributed by atoms with Crippen molar-refractivity contribution in [3.05, 3.63) is 59.7 Å². The standard InChI is InChI=1S/C22H27N3O4S/c1-4-28-13-14-29-19-11-7-17(8-12-19)21(27)25-22(30)24-18-9-5-16(6-10-18)20(26)23-15(2)3/h5-12,15H,4,13-14H2,1-3H3,(H,23,26)(H2,24,25,27,30). The van der Waals surface area contributed by atoms with Crippen molar-refractivity contribution >= 4 is 34.8 Å². The van der Waals surface area contributed by atoms with Crippen LogP contribution in [0.1, 0.15) is 41.5 Å². The lowest BCUT2D eigenvalue weighted by atomic mass is 10.2. The van der Waals surface area contributed by atoms with Crippen LogP contribution in [0.4, 0.5) is 5.69 Å². The molecule has 0 heterocycles. The van der Waals surface area contributed by atoms with Crippen molar-refractivity contribution in [3.8, 4) is 5.75 Å². The molecule has 0 aromatic heterocycles. The Kier molecular flexibility index (Phi) is 9.24. The van der Waals surface area contributed by atoms with Crippen LogP contribution in [0.2, 0.25) is 0 Å². The molecule has 0 aliphatic rings. The first kappa shape index (κ1) is 23.3. The number of carbonyl (C=O) groups excluding carboxylic acids is 2. The van der Waals surface area contributed by atoms with Crippen molar-refractivity contribution < 1.29 is 19.1 Å². The van der Waals surface area contributed by atoms with Gasteiger partial charge in [0.25, 0.3) is 11.8 Å². The summed E-state index contributed by atoms with van der Waals surface area (Å²) in [6.45, 7) is 7.34. The van der Waals surface area contributed by atoms with E-state index in [1.807, 2.05) is 20.8 Å². The first-order chi connectivity index (χ1) is 14.4. The summed E-state index contributed by atoms with van der Waals surface area (Å²) in [5, 5.41) is 8.55. The highest BCUT2D eigenvalue weighted by atomic mass is 32.1. The first-order valence-corrected chi connectivity index (χ1v) is 10.1. The second-order valence-corrected chi connectivity index (χ2v) is 7.09. The molecule has 0 aliphatic heterocycles. The summed E-state index contributed by atoms with van der Waals surface area (Å²) in [6.07, 6.45) is 0. The van der Waals surface area contributed by atoms with Crippen LogP contribution in [0.25, 0.3) is 0 Å². The fraction of sp³-hybridized carbons (Fsp3) is 0.318. The summed E-state index contributed by atoms with van der Waals surface area (Å²) in [5.41, 5.74) is 1.67. The number of benzene rings is 2. The van der Waals surface area contributed by atoms with E-state index < -0.39 is 0 Å². The zero-order valence-electron chi connectivity index (χ0n) is 17.4. The molecule has 0 saturated heterocycles. The monoisotopic (exact) mass is 429 g/mol. The van der Waals surface area contributed by atoms with Gasteiger partial charge in [-0.15, -0.1) is 0 Å². The molecular weight excluding hydrogens is 402 g/mol. The highest BCUT2D eigenvalue weighted by Crippen LogP contribution is 2.13. The second-order valence-electron chi connectivity index (χ2n) is 6.68. The average molecular weight is 430 g/mol. The van der Waals surface area contributed by atoms with Gasteiger partial charge in [0.1, 0.15) is 12.4 Å². The van der Waals surface area contributed by atoms with Crippen LogP contribution in [0.5, 0.6) is 5.75 Å². The molecule has 0 bridgehead atoms. The quantitative estimate of drug-likeness (QED) is 0.418. The lowest BCUT2D eigenvalue weighted by Gasteiger charge is -2.11. The molecule has 7 nitrogen and oxygen atoms in total. The van der Waals surface area contributed by atoms with Crippen LogP contribution in [-0.2, 0) is 4.74 Å². The van der Waals surface area contributed by atoms with Crippen molar-refractivity contribution in [1.82, 2.24) is 10.6 Å². The molecule has 2 aromatic carbocycles. The van der Waals surface area contributed by atoms with E-state index in [0.29, 0.717) is 42.4 Å². The van der Waals surface area contributed by atoms with Gasteiger partial charge in [-0.05, 0) is 81.5 Å². The number of anilines is 1. The van der Waals surface area contributed by atoms with Crippen LogP contribution in [0.3, 0.4) is 0 Å². The van der Waals surface area contributed by atoms with E-state index in [2.05, 4.69) is 16.0 Å². The van der Waals surface area contributed by atoms with E-state index in [9.17, 15) is 9.59 Å². The number of thiocarbonyl (C=S) groups is 1. The third kappa shape index (κ3) is 7.81. The van der Waals surface area contributed by atoms with E-state index in [0.717, 1.165) is 0 Å². The summed E-state index contributed by atoms with van der Waals surface area (Å²) in [6, 6.07) is 13.7. The summed E-state index contributed by atoms with van der Waals surface area (Å²) >= 11 is 5.20. The third-order valence-corrected chi connectivity index (χ3v) is 4.07. The molecule has 2 amide bonds. The van der Waals surface area contributed by atoms with Gasteiger partial charge in [0, 0.05) is 29.5 Å². The molecule has 2 rings (SSSR count). The Morgan fingerprint density at radius 2 is 1.53 bits per heavy atom. The highest BCUT2D eigenvalue weighted by Gasteiger charge is 2.10. The minimum Gasteiger partial charge on any atom is -0.491 e. The van der Waals surface area contributed by atoms with Crippen LogP contribution in [-0.4, -0.2) is 42.8 Å². The van der Waals surface area contributed by atoms with Gasteiger partial charge in [-0.3, -0.25) is 14.9 Å². The van der Waals surface area contributed by atoms with Gasteiger partial charge < -0.3 is 20.1 Å². The molecule has 0 radical (unpaired) electrons. The minimum atomic E-state index is -0.332. The molecule has 2 aromatic rings. The Hall–Kier alpha value is -2.97. The smallest absolute Gasteiger partial charge is 0.257 e. The van der Waals surface area contributed by atoms with Crippen molar-refractivity contribution in [1.29, 1.82) is 0 Å². The number of nitrogens with one attached hydrogen (secondary N) is 3. The number of hydrogen-bond donors (Lipinski definition) is 3. The maximum atomic E-state index is 12.3. The van der Waals surface area contributed by atoms with Crippen LogP contribution in [0, 0.1) is 0 Å². The predicted octanol–water partition coefficient (Wildman–Crippen LogP) is 3.37. The van der Waals surface area contributed by atoms with E-state index >= 15 is 0 Å². The van der Waals surface area contributed by atoms with Crippen molar-refractivity contribution in [2.24, 2.45) is 0 Å². The number of amides is 2. The van der Waals surface area contributed by atoms with Crippen LogP contribution in [0.15, 0.2) is 48.5 Å². The van der Waals surface area contributed by atoms with Gasteiger partial charge >= 0.3 is 0 Å². The largest absolute Gasteiger partial charge is 0.491 e. The van der Waals surface area contributed by atoms with Gasteiger partial charge in [-0.1, -0.05) is 0 Å². The minimum absolute atomic E-state index is 0.0637. The molecular formula is C22H27N3O4S. The lowest BCUT2D eigenvalue weighted by Crippen LogP contribution is -2.34. The van der Waals surface area contributed by atoms with Gasteiger partial charge in [0.15, 0.2) is 5.11 Å². The Morgan fingerprint density at radius 1 is 0.933 bits per heavy atom. The molecule has 0 spiro atoms.